The molecule has 0 N–H and O–H groups in total. The number of fused-ring (bicyclic) bond motifs is 1. The van der Waals surface area contributed by atoms with Crippen molar-refractivity contribution in [2.24, 2.45) is 0 Å². The normalized spacial score (nSPS) is 11.7. The molecule has 0 fully saturated rings. The molecule has 102 valence electrons. The van der Waals surface area contributed by atoms with E-state index in [1.165, 1.54) is 12.0 Å². The number of hydrogen-bond donors (Lipinski definition) is 0. The molecule has 0 saturated heterocycles. The van der Waals surface area contributed by atoms with E-state index in [4.69, 9.17) is 4.74 Å². The van der Waals surface area contributed by atoms with Crippen molar-refractivity contribution in [3.63, 3.8) is 0 Å². The number of ether oxygens (including phenoxy) is 1. The first-order chi connectivity index (χ1) is 8.86. The molecule has 0 bridgehead atoms. The number of benzene rings is 1. The molecule has 0 aliphatic carbocycles. The SMILES string of the molecule is COc1nc2ccccc2c(N(C)C)c1C(F)(F)F. The third kappa shape index (κ3) is 2.30. The van der Waals surface area contributed by atoms with Gasteiger partial charge in [-0.25, -0.2) is 4.98 Å². The monoisotopic (exact) mass is 270 g/mol. The molecule has 19 heavy (non-hydrogen) atoms. The maximum absolute atomic E-state index is 13.2. The second kappa shape index (κ2) is 4.60. The molecule has 0 radical (unpaired) electrons. The lowest BCUT2D eigenvalue weighted by atomic mass is 10.1. The van der Waals surface area contributed by atoms with Gasteiger partial charge in [0.2, 0.25) is 5.88 Å². The maximum atomic E-state index is 13.2. The van der Waals surface area contributed by atoms with Crippen molar-refractivity contribution in [2.45, 2.75) is 6.18 Å². The molecule has 1 aromatic heterocycles. The summed E-state index contributed by atoms with van der Waals surface area (Å²) in [6, 6.07) is 6.68. The van der Waals surface area contributed by atoms with E-state index in [1.807, 2.05) is 0 Å². The molecular weight excluding hydrogens is 257 g/mol. The van der Waals surface area contributed by atoms with Gasteiger partial charge < -0.3 is 9.64 Å². The Kier molecular flexibility index (Phi) is 3.26. The maximum Gasteiger partial charge on any atom is 0.423 e. The van der Waals surface area contributed by atoms with Crippen LogP contribution in [0.3, 0.4) is 0 Å². The number of anilines is 1. The summed E-state index contributed by atoms with van der Waals surface area (Å²) < 4.78 is 44.5. The number of nitrogens with zero attached hydrogens (tertiary/aromatic N) is 2. The van der Waals surface area contributed by atoms with E-state index in [0.717, 1.165) is 0 Å². The standard InChI is InChI=1S/C13H13F3N2O/c1-18(2)11-8-6-4-5-7-9(8)17-12(19-3)10(11)13(14,15)16/h4-7H,1-3H3. The van der Waals surface area contributed by atoms with Crippen molar-refractivity contribution < 1.29 is 17.9 Å². The molecule has 2 rings (SSSR count). The second-order valence-corrected chi connectivity index (χ2v) is 4.25. The van der Waals surface area contributed by atoms with Crippen LogP contribution in [0.5, 0.6) is 5.88 Å². The number of methoxy groups -OCH3 is 1. The van der Waals surface area contributed by atoms with Crippen LogP contribution in [-0.4, -0.2) is 26.2 Å². The highest BCUT2D eigenvalue weighted by atomic mass is 19.4. The number of para-hydroxylation sites is 1. The van der Waals surface area contributed by atoms with Gasteiger partial charge >= 0.3 is 6.18 Å². The van der Waals surface area contributed by atoms with Crippen molar-refractivity contribution in [3.05, 3.63) is 29.8 Å². The number of rotatable bonds is 2. The zero-order valence-electron chi connectivity index (χ0n) is 10.7. The quantitative estimate of drug-likeness (QED) is 0.837. The highest BCUT2D eigenvalue weighted by Crippen LogP contribution is 2.44. The van der Waals surface area contributed by atoms with Crippen molar-refractivity contribution in [2.75, 3.05) is 26.1 Å². The van der Waals surface area contributed by atoms with E-state index in [0.29, 0.717) is 10.9 Å². The average Bonchev–Trinajstić information content (AvgIpc) is 2.34. The number of hydrogen-bond acceptors (Lipinski definition) is 3. The van der Waals surface area contributed by atoms with Gasteiger partial charge in [-0.15, -0.1) is 0 Å². The zero-order chi connectivity index (χ0) is 14.2. The minimum atomic E-state index is -4.53. The minimum absolute atomic E-state index is 0.0648. The number of alkyl halides is 3. The van der Waals surface area contributed by atoms with Crippen LogP contribution in [0, 0.1) is 0 Å². The third-order valence-corrected chi connectivity index (χ3v) is 2.76. The van der Waals surface area contributed by atoms with Gasteiger partial charge in [-0.1, -0.05) is 18.2 Å². The third-order valence-electron chi connectivity index (χ3n) is 2.76. The molecule has 0 saturated carbocycles. The molecule has 3 nitrogen and oxygen atoms in total. The first-order valence-corrected chi connectivity index (χ1v) is 5.57. The molecule has 0 spiro atoms. The van der Waals surface area contributed by atoms with E-state index in [9.17, 15) is 13.2 Å². The number of pyridine rings is 1. The van der Waals surface area contributed by atoms with Gasteiger partial charge in [-0.05, 0) is 6.07 Å². The molecule has 6 heteroatoms. The Labute approximate surface area is 108 Å². The van der Waals surface area contributed by atoms with Crippen LogP contribution in [0.2, 0.25) is 0 Å². The van der Waals surface area contributed by atoms with Crippen LogP contribution < -0.4 is 9.64 Å². The first kappa shape index (κ1) is 13.5. The first-order valence-electron chi connectivity index (χ1n) is 5.57. The summed E-state index contributed by atoms with van der Waals surface area (Å²) in [5.74, 6) is -0.408. The molecule has 0 aliphatic heterocycles. The molecule has 0 amide bonds. The lowest BCUT2D eigenvalue weighted by molar-refractivity contribution is -0.138. The van der Waals surface area contributed by atoms with Crippen molar-refractivity contribution in [1.29, 1.82) is 0 Å². The van der Waals surface area contributed by atoms with Gasteiger partial charge in [-0.2, -0.15) is 13.2 Å². The van der Waals surface area contributed by atoms with Crippen LogP contribution in [0.1, 0.15) is 5.56 Å². The van der Waals surface area contributed by atoms with Gasteiger partial charge in [0.25, 0.3) is 0 Å². The lowest BCUT2D eigenvalue weighted by Gasteiger charge is -2.22. The largest absolute Gasteiger partial charge is 0.480 e. The van der Waals surface area contributed by atoms with Gasteiger partial charge in [-0.3, -0.25) is 0 Å². The highest BCUT2D eigenvalue weighted by Gasteiger charge is 2.40. The fourth-order valence-corrected chi connectivity index (χ4v) is 2.04. The zero-order valence-corrected chi connectivity index (χ0v) is 10.7. The Morgan fingerprint density at radius 2 is 1.79 bits per heavy atom. The summed E-state index contributed by atoms with van der Waals surface area (Å²) in [6.07, 6.45) is -4.53. The molecule has 0 aliphatic rings. The summed E-state index contributed by atoms with van der Waals surface area (Å²) in [6.45, 7) is 0. The van der Waals surface area contributed by atoms with Crippen molar-refractivity contribution in [3.8, 4) is 5.88 Å². The van der Waals surface area contributed by atoms with Crippen molar-refractivity contribution >= 4 is 16.6 Å². The molecule has 0 atom stereocenters. The van der Waals surface area contributed by atoms with Crippen LogP contribution in [0.15, 0.2) is 24.3 Å². The Bertz CT molecular complexity index is 609. The smallest absolute Gasteiger partial charge is 0.423 e. The predicted molar refractivity (Wildman–Crippen MR) is 67.6 cm³/mol. The number of halogens is 3. The minimum Gasteiger partial charge on any atom is -0.480 e. The lowest BCUT2D eigenvalue weighted by Crippen LogP contribution is -2.19. The average molecular weight is 270 g/mol. The summed E-state index contributed by atoms with van der Waals surface area (Å²) in [5.41, 5.74) is -0.315. The van der Waals surface area contributed by atoms with Gasteiger partial charge in [0.1, 0.15) is 5.56 Å². The fourth-order valence-electron chi connectivity index (χ4n) is 2.04. The van der Waals surface area contributed by atoms with E-state index in [2.05, 4.69) is 4.98 Å². The summed E-state index contributed by atoms with van der Waals surface area (Å²) in [4.78, 5) is 5.36. The van der Waals surface area contributed by atoms with Crippen LogP contribution in [0.25, 0.3) is 10.9 Å². The fraction of sp³-hybridized carbons (Fsp3) is 0.308. The molecular formula is C13H13F3N2O. The van der Waals surface area contributed by atoms with Crippen molar-refractivity contribution in [1.82, 2.24) is 4.98 Å². The van der Waals surface area contributed by atoms with Crippen LogP contribution in [-0.2, 0) is 6.18 Å². The van der Waals surface area contributed by atoms with E-state index in [1.54, 1.807) is 38.4 Å². The highest BCUT2D eigenvalue weighted by molar-refractivity contribution is 5.94. The molecule has 1 heterocycles. The van der Waals surface area contributed by atoms with E-state index < -0.39 is 17.6 Å². The number of aromatic nitrogens is 1. The van der Waals surface area contributed by atoms with Crippen LogP contribution in [0.4, 0.5) is 18.9 Å². The molecule has 1 aromatic carbocycles. The van der Waals surface area contributed by atoms with Gasteiger partial charge in [0.05, 0.1) is 18.3 Å². The molecule has 2 aromatic rings. The van der Waals surface area contributed by atoms with E-state index >= 15 is 0 Å². The Hall–Kier alpha value is -1.98. The Morgan fingerprint density at radius 3 is 2.32 bits per heavy atom. The Morgan fingerprint density at radius 1 is 1.16 bits per heavy atom. The predicted octanol–water partition coefficient (Wildman–Crippen LogP) is 3.33. The van der Waals surface area contributed by atoms with Gasteiger partial charge in [0, 0.05) is 19.5 Å². The topological polar surface area (TPSA) is 25.4 Å². The second-order valence-electron chi connectivity index (χ2n) is 4.25. The summed E-state index contributed by atoms with van der Waals surface area (Å²) >= 11 is 0. The Balaban J connectivity index is 2.94. The molecule has 0 unspecified atom stereocenters. The summed E-state index contributed by atoms with van der Waals surface area (Å²) in [5, 5.41) is 0.445. The van der Waals surface area contributed by atoms with Gasteiger partial charge in [0.15, 0.2) is 0 Å². The summed E-state index contributed by atoms with van der Waals surface area (Å²) in [7, 11) is 4.32. The van der Waals surface area contributed by atoms with E-state index in [-0.39, 0.29) is 5.69 Å². The van der Waals surface area contributed by atoms with Crippen LogP contribution >= 0.6 is 0 Å².